The first-order chi connectivity index (χ1) is 8.41. The molecule has 0 aliphatic carbocycles. The second-order valence-electron chi connectivity index (χ2n) is 4.96. The van der Waals surface area contributed by atoms with Crippen LogP contribution in [0, 0.1) is 0 Å². The summed E-state index contributed by atoms with van der Waals surface area (Å²) in [5, 5.41) is 2.96. The molecule has 0 fully saturated rings. The van der Waals surface area contributed by atoms with Crippen molar-refractivity contribution in [2.45, 2.75) is 32.0 Å². The summed E-state index contributed by atoms with van der Waals surface area (Å²) in [6.45, 7) is 3.01. The van der Waals surface area contributed by atoms with Gasteiger partial charge in [0.25, 0.3) is 0 Å². The molecule has 0 aromatic rings. The van der Waals surface area contributed by atoms with Crippen molar-refractivity contribution in [2.24, 2.45) is 0 Å². The van der Waals surface area contributed by atoms with Gasteiger partial charge >= 0.3 is 6.18 Å². The molecule has 0 spiro atoms. The molecule has 2 N–H and O–H groups in total. The van der Waals surface area contributed by atoms with Crippen LogP contribution in [0.15, 0.2) is 0 Å². The zero-order valence-electron chi connectivity index (χ0n) is 11.3. The van der Waals surface area contributed by atoms with Gasteiger partial charge in [-0.2, -0.15) is 13.2 Å². The molecule has 0 aliphatic rings. The van der Waals surface area contributed by atoms with Crippen LogP contribution >= 0.6 is 0 Å². The first-order valence-electron chi connectivity index (χ1n) is 5.75. The van der Waals surface area contributed by atoms with Crippen LogP contribution in [0.5, 0.6) is 0 Å². The van der Waals surface area contributed by atoms with Gasteiger partial charge in [0.05, 0.1) is 6.26 Å². The Morgan fingerprint density at radius 3 is 2.26 bits per heavy atom. The SMILES string of the molecule is CC(C)(CNCCCOCC(F)(F)F)NS(C)(=O)=O. The van der Waals surface area contributed by atoms with Crippen molar-refractivity contribution < 1.29 is 26.3 Å². The van der Waals surface area contributed by atoms with E-state index in [4.69, 9.17) is 0 Å². The van der Waals surface area contributed by atoms with Crippen molar-refractivity contribution >= 4 is 10.0 Å². The van der Waals surface area contributed by atoms with Gasteiger partial charge in [-0.3, -0.25) is 0 Å². The summed E-state index contributed by atoms with van der Waals surface area (Å²) in [5.74, 6) is 0. The van der Waals surface area contributed by atoms with Crippen LogP contribution in [0.1, 0.15) is 20.3 Å². The minimum atomic E-state index is -4.30. The van der Waals surface area contributed by atoms with Crippen LogP contribution in [0.2, 0.25) is 0 Å². The Balaban J connectivity index is 3.64. The molecule has 116 valence electrons. The van der Waals surface area contributed by atoms with Gasteiger partial charge in [0.2, 0.25) is 10.0 Å². The fourth-order valence-electron chi connectivity index (χ4n) is 1.43. The Bertz CT molecular complexity index is 356. The molecule has 0 aliphatic heterocycles. The summed E-state index contributed by atoms with van der Waals surface area (Å²) in [7, 11) is -3.29. The Hall–Kier alpha value is -0.380. The molecule has 9 heteroatoms. The van der Waals surface area contributed by atoms with Gasteiger partial charge in [-0.1, -0.05) is 0 Å². The zero-order chi connectivity index (χ0) is 15.2. The van der Waals surface area contributed by atoms with Gasteiger partial charge in [0, 0.05) is 18.7 Å². The maximum absolute atomic E-state index is 11.7. The largest absolute Gasteiger partial charge is 0.411 e. The third-order valence-electron chi connectivity index (χ3n) is 1.94. The number of rotatable bonds is 9. The lowest BCUT2D eigenvalue weighted by molar-refractivity contribution is -0.173. The average Bonchev–Trinajstić information content (AvgIpc) is 2.10. The minimum absolute atomic E-state index is 0.00639. The monoisotopic (exact) mass is 306 g/mol. The quantitative estimate of drug-likeness (QED) is 0.620. The van der Waals surface area contributed by atoms with E-state index in [9.17, 15) is 21.6 Å². The number of hydrogen-bond acceptors (Lipinski definition) is 4. The number of hydrogen-bond donors (Lipinski definition) is 2. The summed E-state index contributed by atoms with van der Waals surface area (Å²) in [4.78, 5) is 0. The van der Waals surface area contributed by atoms with E-state index in [-0.39, 0.29) is 6.61 Å². The van der Waals surface area contributed by atoms with Gasteiger partial charge in [0.15, 0.2) is 0 Å². The first kappa shape index (κ1) is 18.6. The number of halogens is 3. The Morgan fingerprint density at radius 2 is 1.79 bits per heavy atom. The normalized spacial score (nSPS) is 13.8. The average molecular weight is 306 g/mol. The number of nitrogens with one attached hydrogen (secondary N) is 2. The molecule has 0 heterocycles. The van der Waals surface area contributed by atoms with Crippen molar-refractivity contribution in [1.82, 2.24) is 10.0 Å². The highest BCUT2D eigenvalue weighted by Crippen LogP contribution is 2.14. The molecule has 0 aromatic carbocycles. The Labute approximate surface area is 111 Å². The fraction of sp³-hybridized carbons (Fsp3) is 1.00. The van der Waals surface area contributed by atoms with Crippen LogP contribution in [-0.2, 0) is 14.8 Å². The third kappa shape index (κ3) is 13.8. The second-order valence-corrected chi connectivity index (χ2v) is 6.70. The topological polar surface area (TPSA) is 67.4 Å². The maximum Gasteiger partial charge on any atom is 0.411 e. The molecule has 0 radical (unpaired) electrons. The highest BCUT2D eigenvalue weighted by atomic mass is 32.2. The summed E-state index contributed by atoms with van der Waals surface area (Å²) in [6, 6.07) is 0. The van der Waals surface area contributed by atoms with E-state index >= 15 is 0 Å². The Kier molecular flexibility index (Phi) is 7.27. The lowest BCUT2D eigenvalue weighted by Crippen LogP contribution is -2.50. The van der Waals surface area contributed by atoms with Gasteiger partial charge in [-0.05, 0) is 26.8 Å². The van der Waals surface area contributed by atoms with Crippen molar-refractivity contribution in [1.29, 1.82) is 0 Å². The molecule has 19 heavy (non-hydrogen) atoms. The van der Waals surface area contributed by atoms with Crippen molar-refractivity contribution in [3.8, 4) is 0 Å². The minimum Gasteiger partial charge on any atom is -0.372 e. The highest BCUT2D eigenvalue weighted by Gasteiger charge is 2.27. The standard InChI is InChI=1S/C10H21F3N2O3S/c1-9(2,15-19(3,16)17)7-14-5-4-6-18-8-10(11,12)13/h14-15H,4-8H2,1-3H3. The van der Waals surface area contributed by atoms with E-state index in [1.807, 2.05) is 0 Å². The number of ether oxygens (including phenoxy) is 1. The molecule has 0 rings (SSSR count). The van der Waals surface area contributed by atoms with E-state index in [0.29, 0.717) is 19.5 Å². The van der Waals surface area contributed by atoms with E-state index < -0.39 is 28.3 Å². The van der Waals surface area contributed by atoms with E-state index in [2.05, 4.69) is 14.8 Å². The molecule has 0 aromatic heterocycles. The molecule has 0 atom stereocenters. The summed E-state index contributed by atoms with van der Waals surface area (Å²) >= 11 is 0. The number of sulfonamides is 1. The summed E-state index contributed by atoms with van der Waals surface area (Å²) < 4.78 is 64.2. The van der Waals surface area contributed by atoms with Gasteiger partial charge in [-0.25, -0.2) is 13.1 Å². The van der Waals surface area contributed by atoms with Crippen LogP contribution in [0.4, 0.5) is 13.2 Å². The third-order valence-corrected chi connectivity index (χ3v) is 2.86. The smallest absolute Gasteiger partial charge is 0.372 e. The molecule has 0 unspecified atom stereocenters. The molecule has 0 saturated heterocycles. The summed E-state index contributed by atoms with van der Waals surface area (Å²) in [5.41, 5.74) is -0.652. The molecule has 0 bridgehead atoms. The second kappa shape index (κ2) is 7.41. The lowest BCUT2D eigenvalue weighted by Gasteiger charge is -2.25. The maximum atomic E-state index is 11.7. The van der Waals surface area contributed by atoms with Crippen molar-refractivity contribution in [2.75, 3.05) is 32.6 Å². The molecule has 5 nitrogen and oxygen atoms in total. The molecular weight excluding hydrogens is 285 g/mol. The fourth-order valence-corrected chi connectivity index (χ4v) is 2.50. The van der Waals surface area contributed by atoms with Crippen LogP contribution in [-0.4, -0.2) is 52.7 Å². The predicted octanol–water partition coefficient (Wildman–Crippen LogP) is 0.873. The van der Waals surface area contributed by atoms with E-state index in [0.717, 1.165) is 6.26 Å². The summed E-state index contributed by atoms with van der Waals surface area (Å²) in [6.07, 6.45) is -2.81. The van der Waals surface area contributed by atoms with Crippen molar-refractivity contribution in [3.63, 3.8) is 0 Å². The predicted molar refractivity (Wildman–Crippen MR) is 66.4 cm³/mol. The zero-order valence-corrected chi connectivity index (χ0v) is 12.1. The lowest BCUT2D eigenvalue weighted by atomic mass is 10.1. The highest BCUT2D eigenvalue weighted by molar-refractivity contribution is 7.88. The van der Waals surface area contributed by atoms with Crippen LogP contribution in [0.3, 0.4) is 0 Å². The number of alkyl halides is 3. The van der Waals surface area contributed by atoms with Gasteiger partial charge in [0.1, 0.15) is 6.61 Å². The first-order valence-corrected chi connectivity index (χ1v) is 7.65. The Morgan fingerprint density at radius 1 is 1.21 bits per heavy atom. The van der Waals surface area contributed by atoms with Crippen molar-refractivity contribution in [3.05, 3.63) is 0 Å². The van der Waals surface area contributed by atoms with Crippen LogP contribution in [0.25, 0.3) is 0 Å². The van der Waals surface area contributed by atoms with Gasteiger partial charge < -0.3 is 10.1 Å². The van der Waals surface area contributed by atoms with Gasteiger partial charge in [-0.15, -0.1) is 0 Å². The molecule has 0 saturated carbocycles. The van der Waals surface area contributed by atoms with E-state index in [1.54, 1.807) is 13.8 Å². The molecule has 0 amide bonds. The molecular formula is C10H21F3N2O3S. The van der Waals surface area contributed by atoms with E-state index in [1.165, 1.54) is 0 Å². The van der Waals surface area contributed by atoms with Crippen LogP contribution < -0.4 is 10.0 Å².